The average molecular weight is 393 g/mol. The first-order valence-electron chi connectivity index (χ1n) is 7.28. The number of hydrogen-bond acceptors (Lipinski definition) is 6. The summed E-state index contributed by atoms with van der Waals surface area (Å²) in [6, 6.07) is 8.10. The fraction of sp³-hybridized carbons (Fsp3) is 0.467. The largest absolute Gasteiger partial charge is 0.467 e. The second-order valence-electron chi connectivity index (χ2n) is 5.62. The molecule has 0 amide bonds. The van der Waals surface area contributed by atoms with Gasteiger partial charge in [0.25, 0.3) is 3.79 Å². The molecule has 3 aliphatic rings. The highest BCUT2D eigenvalue weighted by atomic mass is 35.6. The van der Waals surface area contributed by atoms with E-state index in [0.717, 1.165) is 0 Å². The van der Waals surface area contributed by atoms with E-state index in [1.165, 1.54) is 0 Å². The highest BCUT2D eigenvalue weighted by Crippen LogP contribution is 2.41. The lowest BCUT2D eigenvalue weighted by Gasteiger charge is -2.34. The van der Waals surface area contributed by atoms with Crippen molar-refractivity contribution in [2.75, 3.05) is 6.61 Å². The summed E-state index contributed by atoms with van der Waals surface area (Å²) in [5, 5.41) is 0. The zero-order valence-corrected chi connectivity index (χ0v) is 14.4. The number of esters is 1. The summed E-state index contributed by atoms with van der Waals surface area (Å²) < 4.78 is 20.6. The molecular weight excluding hydrogens is 381 g/mol. The van der Waals surface area contributed by atoms with Gasteiger partial charge in [-0.05, 0) is 12.1 Å². The maximum Gasteiger partial charge on any atom is 0.338 e. The number of alkyl halides is 3. The van der Waals surface area contributed by atoms with Crippen LogP contribution in [0.15, 0.2) is 35.3 Å². The van der Waals surface area contributed by atoms with Gasteiger partial charge in [0.15, 0.2) is 18.5 Å². The van der Waals surface area contributed by atoms with E-state index in [9.17, 15) is 4.79 Å². The highest BCUT2D eigenvalue weighted by Gasteiger charge is 2.58. The van der Waals surface area contributed by atoms with Gasteiger partial charge in [0.05, 0.1) is 12.2 Å². The molecule has 0 unspecified atom stereocenters. The number of carbonyl (C=O) groups is 1. The second-order valence-corrected chi connectivity index (χ2v) is 7.90. The summed E-state index contributed by atoms with van der Waals surface area (Å²) in [6.45, 7) is 0.284. The van der Waals surface area contributed by atoms with Crippen LogP contribution in [0.25, 0.3) is 0 Å². The summed E-state index contributed by atoms with van der Waals surface area (Å²) in [5.74, 6) is -0.533. The molecule has 2 bridgehead atoms. The highest BCUT2D eigenvalue weighted by molar-refractivity contribution is 6.76. The van der Waals surface area contributed by atoms with Crippen molar-refractivity contribution >= 4 is 46.7 Å². The van der Waals surface area contributed by atoms with Gasteiger partial charge in [-0.2, -0.15) is 0 Å². The minimum Gasteiger partial charge on any atom is -0.467 e. The van der Waals surface area contributed by atoms with Crippen LogP contribution < -0.4 is 0 Å². The lowest BCUT2D eigenvalue weighted by atomic mass is 9.99. The molecule has 0 saturated carbocycles. The Morgan fingerprint density at radius 2 is 2.00 bits per heavy atom. The molecule has 4 rings (SSSR count). The zero-order chi connectivity index (χ0) is 16.9. The Morgan fingerprint density at radius 3 is 2.71 bits per heavy atom. The number of halogens is 3. The maximum atomic E-state index is 12.4. The molecule has 0 N–H and O–H groups in total. The number of aliphatic imine (C=N–C) groups is 1. The van der Waals surface area contributed by atoms with Crippen molar-refractivity contribution in [2.45, 2.75) is 34.4 Å². The maximum absolute atomic E-state index is 12.4. The van der Waals surface area contributed by atoms with Crippen molar-refractivity contribution < 1.29 is 23.7 Å². The number of fused-ring (bicyclic) bond motifs is 4. The summed E-state index contributed by atoms with van der Waals surface area (Å²) in [7, 11) is 0. The second kappa shape index (κ2) is 6.04. The van der Waals surface area contributed by atoms with Gasteiger partial charge in [0, 0.05) is 0 Å². The summed E-state index contributed by atoms with van der Waals surface area (Å²) in [5.41, 5.74) is 0.430. The van der Waals surface area contributed by atoms with Gasteiger partial charge in [-0.25, -0.2) is 9.79 Å². The molecule has 0 aromatic heterocycles. The molecule has 6 nitrogen and oxygen atoms in total. The van der Waals surface area contributed by atoms with Crippen molar-refractivity contribution in [1.82, 2.24) is 0 Å². The van der Waals surface area contributed by atoms with Crippen LogP contribution in [0, 0.1) is 0 Å². The van der Waals surface area contributed by atoms with E-state index in [2.05, 4.69) is 4.99 Å². The van der Waals surface area contributed by atoms with Crippen LogP contribution in [-0.2, 0) is 18.9 Å². The molecule has 128 valence electrons. The number of carbonyl (C=O) groups excluding carboxylic acids is 1. The summed E-state index contributed by atoms with van der Waals surface area (Å²) in [4.78, 5) is 16.7. The van der Waals surface area contributed by atoms with Crippen LogP contribution in [0.2, 0.25) is 0 Å². The van der Waals surface area contributed by atoms with E-state index < -0.39 is 40.4 Å². The van der Waals surface area contributed by atoms with Crippen molar-refractivity contribution in [3.8, 4) is 0 Å². The third-order valence-corrected chi connectivity index (χ3v) is 4.54. The van der Waals surface area contributed by atoms with Crippen LogP contribution in [0.4, 0.5) is 0 Å². The fourth-order valence-corrected chi connectivity index (χ4v) is 3.25. The van der Waals surface area contributed by atoms with Crippen molar-refractivity contribution in [3.63, 3.8) is 0 Å². The predicted octanol–water partition coefficient (Wildman–Crippen LogP) is 2.50. The third-order valence-electron chi connectivity index (χ3n) is 4.05. The van der Waals surface area contributed by atoms with Crippen molar-refractivity contribution in [2.24, 2.45) is 4.99 Å². The van der Waals surface area contributed by atoms with Crippen LogP contribution in [0.3, 0.4) is 0 Å². The van der Waals surface area contributed by atoms with Gasteiger partial charge in [-0.15, -0.1) is 0 Å². The third kappa shape index (κ3) is 2.86. The van der Waals surface area contributed by atoms with E-state index in [1.807, 2.05) is 6.07 Å². The van der Waals surface area contributed by atoms with E-state index in [0.29, 0.717) is 5.56 Å². The Labute approximate surface area is 152 Å². The molecule has 2 fully saturated rings. The number of benzene rings is 1. The minimum absolute atomic E-state index is 0.0528. The first kappa shape index (κ1) is 16.4. The minimum atomic E-state index is -1.80. The van der Waals surface area contributed by atoms with E-state index in [4.69, 9.17) is 53.8 Å². The first-order valence-corrected chi connectivity index (χ1v) is 8.41. The molecule has 0 spiro atoms. The van der Waals surface area contributed by atoms with Gasteiger partial charge >= 0.3 is 5.97 Å². The molecule has 5 atom stereocenters. The van der Waals surface area contributed by atoms with Crippen LogP contribution in [0.1, 0.15) is 10.4 Å². The lowest BCUT2D eigenvalue weighted by molar-refractivity contribution is -0.177. The Balaban J connectivity index is 1.59. The van der Waals surface area contributed by atoms with Gasteiger partial charge in [-0.3, -0.25) is 0 Å². The number of nitrogens with zero attached hydrogens (tertiary/aromatic N) is 1. The number of ether oxygens (including phenoxy) is 4. The quantitative estimate of drug-likeness (QED) is 0.571. The SMILES string of the molecule is O=C(O[C@@H]1[C@H]2N=C(C(Cl)(Cl)Cl)O[C@H]2[C@@H]2OC[C@H]1O2)c1ccccc1. The molecular formula is C15H12Cl3NO5. The zero-order valence-electron chi connectivity index (χ0n) is 12.1. The van der Waals surface area contributed by atoms with Crippen LogP contribution in [-0.4, -0.2) is 52.9 Å². The average Bonchev–Trinajstić information content (AvgIpc) is 3.18. The Hall–Kier alpha value is -1.05. The number of hydrogen-bond donors (Lipinski definition) is 0. The normalized spacial score (nSPS) is 34.3. The molecule has 3 heterocycles. The van der Waals surface area contributed by atoms with Gasteiger partial charge in [0.1, 0.15) is 12.1 Å². The molecule has 1 aromatic rings. The molecule has 9 heteroatoms. The molecule has 2 saturated heterocycles. The van der Waals surface area contributed by atoms with Crippen molar-refractivity contribution in [1.29, 1.82) is 0 Å². The molecule has 24 heavy (non-hydrogen) atoms. The fourth-order valence-electron chi connectivity index (χ4n) is 2.97. The molecule has 0 aliphatic carbocycles. The molecule has 1 aromatic carbocycles. The van der Waals surface area contributed by atoms with Gasteiger partial charge in [-0.1, -0.05) is 53.0 Å². The Kier molecular flexibility index (Phi) is 4.13. The standard InChI is InChI=1S/C15H12Cl3NO5/c16-15(17,18)14-19-9-10(8-6-21-13(22-8)11(9)24-14)23-12(20)7-4-2-1-3-5-7/h1-5,8-11,13H,6H2/t8-,9-,10+,11-,13-/m1/s1. The van der Waals surface area contributed by atoms with Crippen LogP contribution in [0.5, 0.6) is 0 Å². The lowest BCUT2D eigenvalue weighted by Crippen LogP contribution is -2.53. The van der Waals surface area contributed by atoms with Crippen molar-refractivity contribution in [3.05, 3.63) is 35.9 Å². The van der Waals surface area contributed by atoms with E-state index in [1.54, 1.807) is 24.3 Å². The molecule has 0 radical (unpaired) electrons. The first-order chi connectivity index (χ1) is 11.4. The monoisotopic (exact) mass is 391 g/mol. The van der Waals surface area contributed by atoms with Gasteiger partial charge < -0.3 is 18.9 Å². The van der Waals surface area contributed by atoms with Gasteiger partial charge in [0.2, 0.25) is 5.90 Å². The molecule has 3 aliphatic heterocycles. The smallest absolute Gasteiger partial charge is 0.338 e. The van der Waals surface area contributed by atoms with Crippen LogP contribution >= 0.6 is 34.8 Å². The number of rotatable bonds is 2. The summed E-state index contributed by atoms with van der Waals surface area (Å²) in [6.07, 6.45) is -2.37. The summed E-state index contributed by atoms with van der Waals surface area (Å²) >= 11 is 17.5. The topological polar surface area (TPSA) is 66.4 Å². The predicted molar refractivity (Wildman–Crippen MR) is 86.6 cm³/mol. The van der Waals surface area contributed by atoms with E-state index >= 15 is 0 Å². The Bertz CT molecular complexity index is 677. The van der Waals surface area contributed by atoms with E-state index in [-0.39, 0.29) is 12.5 Å². The Morgan fingerprint density at radius 1 is 1.25 bits per heavy atom.